The SMILES string of the molecule is COc1ccc(S(=O)(=O)N(C)C)cc1CCC(=O)N[C@H]1C[C@H]2CC[C@H]1C2. The van der Waals surface area contributed by atoms with Gasteiger partial charge < -0.3 is 10.1 Å². The monoisotopic (exact) mass is 380 g/mol. The Bertz CT molecular complexity index is 776. The molecule has 0 aromatic heterocycles. The van der Waals surface area contributed by atoms with Gasteiger partial charge in [-0.3, -0.25) is 4.79 Å². The lowest BCUT2D eigenvalue weighted by Crippen LogP contribution is -2.38. The van der Waals surface area contributed by atoms with Crippen LogP contribution in [0.2, 0.25) is 0 Å². The molecule has 2 fully saturated rings. The lowest BCUT2D eigenvalue weighted by molar-refractivity contribution is -0.122. The van der Waals surface area contributed by atoms with Gasteiger partial charge in [0.2, 0.25) is 15.9 Å². The fraction of sp³-hybridized carbons (Fsp3) is 0.632. The minimum absolute atomic E-state index is 0.0328. The summed E-state index contributed by atoms with van der Waals surface area (Å²) in [5.41, 5.74) is 0.735. The molecule has 144 valence electrons. The van der Waals surface area contributed by atoms with Gasteiger partial charge in [0.15, 0.2) is 0 Å². The van der Waals surface area contributed by atoms with Crippen LogP contribution in [0.25, 0.3) is 0 Å². The number of ether oxygens (including phenoxy) is 1. The number of rotatable bonds is 7. The maximum Gasteiger partial charge on any atom is 0.242 e. The van der Waals surface area contributed by atoms with Gasteiger partial charge in [0.05, 0.1) is 12.0 Å². The van der Waals surface area contributed by atoms with Gasteiger partial charge in [0.1, 0.15) is 5.75 Å². The van der Waals surface area contributed by atoms with E-state index in [2.05, 4.69) is 5.32 Å². The summed E-state index contributed by atoms with van der Waals surface area (Å²) in [7, 11) is 1.04. The van der Waals surface area contributed by atoms with Gasteiger partial charge >= 0.3 is 0 Å². The molecule has 1 aromatic carbocycles. The van der Waals surface area contributed by atoms with Crippen molar-refractivity contribution in [1.29, 1.82) is 0 Å². The molecule has 6 nitrogen and oxygen atoms in total. The molecule has 1 N–H and O–H groups in total. The van der Waals surface area contributed by atoms with Crippen LogP contribution in [0.4, 0.5) is 0 Å². The molecule has 0 saturated heterocycles. The van der Waals surface area contributed by atoms with Crippen LogP contribution in [-0.4, -0.2) is 45.9 Å². The summed E-state index contributed by atoms with van der Waals surface area (Å²) in [6.45, 7) is 0. The first-order chi connectivity index (χ1) is 12.3. The summed E-state index contributed by atoms with van der Waals surface area (Å²) in [5.74, 6) is 2.08. The second-order valence-electron chi connectivity index (χ2n) is 7.61. The summed E-state index contributed by atoms with van der Waals surface area (Å²) in [4.78, 5) is 12.6. The molecule has 2 bridgehead atoms. The van der Waals surface area contributed by atoms with Crippen molar-refractivity contribution in [3.05, 3.63) is 23.8 Å². The Hall–Kier alpha value is -1.60. The van der Waals surface area contributed by atoms with Crippen molar-refractivity contribution in [2.24, 2.45) is 11.8 Å². The summed E-state index contributed by atoms with van der Waals surface area (Å²) < 4.78 is 31.2. The molecule has 3 atom stereocenters. The number of methoxy groups -OCH3 is 1. The lowest BCUT2D eigenvalue weighted by Gasteiger charge is -2.23. The van der Waals surface area contributed by atoms with E-state index in [4.69, 9.17) is 4.74 Å². The highest BCUT2D eigenvalue weighted by Gasteiger charge is 2.39. The van der Waals surface area contributed by atoms with Crippen molar-refractivity contribution in [3.63, 3.8) is 0 Å². The summed E-state index contributed by atoms with van der Waals surface area (Å²) in [6, 6.07) is 5.12. The van der Waals surface area contributed by atoms with Gasteiger partial charge in [-0.05, 0) is 61.3 Å². The molecular formula is C19H28N2O4S. The van der Waals surface area contributed by atoms with E-state index in [0.29, 0.717) is 30.6 Å². The number of nitrogens with one attached hydrogen (secondary N) is 1. The lowest BCUT2D eigenvalue weighted by atomic mass is 9.95. The van der Waals surface area contributed by atoms with Crippen LogP contribution >= 0.6 is 0 Å². The van der Waals surface area contributed by atoms with Gasteiger partial charge in [-0.15, -0.1) is 0 Å². The first kappa shape index (κ1) is 19.2. The number of carbonyl (C=O) groups is 1. The smallest absolute Gasteiger partial charge is 0.242 e. The van der Waals surface area contributed by atoms with Gasteiger partial charge in [0, 0.05) is 26.6 Å². The second-order valence-corrected chi connectivity index (χ2v) is 9.76. The second kappa shape index (κ2) is 7.56. The van der Waals surface area contributed by atoms with Crippen LogP contribution in [0.1, 0.15) is 37.7 Å². The zero-order chi connectivity index (χ0) is 18.9. The molecule has 26 heavy (non-hydrogen) atoms. The predicted octanol–water partition coefficient (Wildman–Crippen LogP) is 2.18. The number of fused-ring (bicyclic) bond motifs is 2. The number of carbonyl (C=O) groups excluding carboxylic acids is 1. The molecule has 7 heteroatoms. The van der Waals surface area contributed by atoms with E-state index in [1.165, 1.54) is 43.7 Å². The third-order valence-corrected chi connectivity index (χ3v) is 7.55. The summed E-state index contributed by atoms with van der Waals surface area (Å²) >= 11 is 0. The molecule has 0 heterocycles. The quantitative estimate of drug-likeness (QED) is 0.787. The fourth-order valence-corrected chi connectivity index (χ4v) is 5.22. The molecular weight excluding hydrogens is 352 g/mol. The largest absolute Gasteiger partial charge is 0.496 e. The van der Waals surface area contributed by atoms with Crippen molar-refractivity contribution in [2.45, 2.75) is 49.5 Å². The highest BCUT2D eigenvalue weighted by molar-refractivity contribution is 7.89. The van der Waals surface area contributed by atoms with Gasteiger partial charge in [0.25, 0.3) is 0 Å². The molecule has 3 rings (SSSR count). The molecule has 0 aliphatic heterocycles. The van der Waals surface area contributed by atoms with Crippen LogP contribution in [0.15, 0.2) is 23.1 Å². The minimum atomic E-state index is -3.51. The molecule has 0 unspecified atom stereocenters. The zero-order valence-electron chi connectivity index (χ0n) is 15.7. The van der Waals surface area contributed by atoms with Crippen LogP contribution in [0.3, 0.4) is 0 Å². The summed E-state index contributed by atoms with van der Waals surface area (Å²) in [5, 5.41) is 3.17. The Morgan fingerprint density at radius 3 is 2.62 bits per heavy atom. The van der Waals surface area contributed by atoms with Crippen molar-refractivity contribution in [2.75, 3.05) is 21.2 Å². The molecule has 1 amide bonds. The third-order valence-electron chi connectivity index (χ3n) is 5.74. The number of hydrogen-bond donors (Lipinski definition) is 1. The van der Waals surface area contributed by atoms with E-state index in [1.807, 2.05) is 0 Å². The third kappa shape index (κ3) is 3.88. The van der Waals surface area contributed by atoms with E-state index < -0.39 is 10.0 Å². The van der Waals surface area contributed by atoms with E-state index in [1.54, 1.807) is 19.2 Å². The molecule has 2 aliphatic carbocycles. The number of hydrogen-bond acceptors (Lipinski definition) is 4. The maximum absolute atomic E-state index is 12.4. The van der Waals surface area contributed by atoms with Crippen molar-refractivity contribution < 1.29 is 17.9 Å². The van der Waals surface area contributed by atoms with Crippen LogP contribution in [0, 0.1) is 11.8 Å². The van der Waals surface area contributed by atoms with Gasteiger partial charge in [-0.25, -0.2) is 12.7 Å². The predicted molar refractivity (Wildman–Crippen MR) is 99.6 cm³/mol. The normalized spacial score (nSPS) is 24.8. The van der Waals surface area contributed by atoms with Crippen molar-refractivity contribution in [3.8, 4) is 5.75 Å². The fourth-order valence-electron chi connectivity index (χ4n) is 4.27. The Balaban J connectivity index is 1.65. The molecule has 2 aliphatic rings. The first-order valence-corrected chi connectivity index (χ1v) is 10.6. The van der Waals surface area contributed by atoms with Crippen LogP contribution in [-0.2, 0) is 21.2 Å². The highest BCUT2D eigenvalue weighted by Crippen LogP contribution is 2.44. The number of nitrogens with zero attached hydrogens (tertiary/aromatic N) is 1. The minimum Gasteiger partial charge on any atom is -0.496 e. The Morgan fingerprint density at radius 1 is 1.27 bits per heavy atom. The molecule has 0 spiro atoms. The van der Waals surface area contributed by atoms with Crippen LogP contribution < -0.4 is 10.1 Å². The zero-order valence-corrected chi connectivity index (χ0v) is 16.5. The molecule has 2 saturated carbocycles. The van der Waals surface area contributed by atoms with Gasteiger partial charge in [-0.1, -0.05) is 6.42 Å². The van der Waals surface area contributed by atoms with E-state index >= 15 is 0 Å². The van der Waals surface area contributed by atoms with E-state index in [-0.39, 0.29) is 10.8 Å². The first-order valence-electron chi connectivity index (χ1n) is 9.20. The van der Waals surface area contributed by atoms with Gasteiger partial charge in [-0.2, -0.15) is 0 Å². The average Bonchev–Trinajstić information content (AvgIpc) is 3.22. The number of sulfonamides is 1. The van der Waals surface area contributed by atoms with Crippen LogP contribution in [0.5, 0.6) is 5.75 Å². The Kier molecular flexibility index (Phi) is 5.58. The van der Waals surface area contributed by atoms with E-state index in [0.717, 1.165) is 17.9 Å². The molecule has 1 aromatic rings. The summed E-state index contributed by atoms with van der Waals surface area (Å²) in [6.07, 6.45) is 5.68. The average molecular weight is 381 g/mol. The standard InChI is InChI=1S/C19H28N2O4S/c1-21(2)26(23,24)16-7-8-18(25-3)15(12-16)6-9-19(22)20-17-11-13-4-5-14(17)10-13/h7-8,12-14,17H,4-6,9-11H2,1-3H3,(H,20,22)/t13-,14-,17-/m0/s1. The number of benzene rings is 1. The van der Waals surface area contributed by atoms with Crippen molar-refractivity contribution >= 4 is 15.9 Å². The van der Waals surface area contributed by atoms with E-state index in [9.17, 15) is 13.2 Å². The number of amides is 1. The number of aryl methyl sites for hydroxylation is 1. The Morgan fingerprint density at radius 2 is 2.04 bits per heavy atom. The Labute approximate surface area is 156 Å². The molecule has 0 radical (unpaired) electrons. The van der Waals surface area contributed by atoms with Crippen molar-refractivity contribution in [1.82, 2.24) is 9.62 Å². The maximum atomic E-state index is 12.4. The topological polar surface area (TPSA) is 75.7 Å². The highest BCUT2D eigenvalue weighted by atomic mass is 32.2.